The first-order valence-electron chi connectivity index (χ1n) is 6.19. The molecule has 1 rings (SSSR count). The Morgan fingerprint density at radius 3 is 2.50 bits per heavy atom. The molecule has 0 aliphatic carbocycles. The average molecular weight is 253 g/mol. The minimum absolute atomic E-state index is 0.470. The number of anilines is 2. The van der Waals surface area contributed by atoms with Crippen LogP contribution in [0.5, 0.6) is 0 Å². The van der Waals surface area contributed by atoms with Crippen molar-refractivity contribution in [3.8, 4) is 0 Å². The van der Waals surface area contributed by atoms with Crippen molar-refractivity contribution in [3.63, 3.8) is 0 Å². The Labute approximate surface area is 108 Å². The highest BCUT2D eigenvalue weighted by Crippen LogP contribution is 2.25. The predicted molar refractivity (Wildman–Crippen MR) is 73.2 cm³/mol. The number of nitrogen functional groups attached to an aromatic ring is 1. The third kappa shape index (κ3) is 3.30. The summed E-state index contributed by atoms with van der Waals surface area (Å²) in [4.78, 5) is 8.35. The Balaban J connectivity index is 3.08. The molecule has 6 heteroatoms. The van der Waals surface area contributed by atoms with Gasteiger partial charge in [-0.2, -0.15) is 0 Å². The number of aliphatic hydroxyl groups is 1. The summed E-state index contributed by atoms with van der Waals surface area (Å²) in [6, 6.07) is 0. The molecule has 5 N–H and O–H groups in total. The normalized spacial score (nSPS) is 13.2. The molecule has 102 valence electrons. The molecule has 1 unspecified atom stereocenters. The number of hydrazine groups is 1. The Hall–Kier alpha value is -1.40. The Kier molecular flexibility index (Phi) is 4.86. The summed E-state index contributed by atoms with van der Waals surface area (Å²) in [5, 5.41) is 13.0. The maximum Gasteiger partial charge on any atom is 0.148 e. The summed E-state index contributed by atoms with van der Waals surface area (Å²) in [6.45, 7) is 7.67. The second-order valence-corrected chi connectivity index (χ2v) is 4.97. The lowest BCUT2D eigenvalue weighted by Gasteiger charge is -2.31. The molecule has 0 aromatic carbocycles. The summed E-state index contributed by atoms with van der Waals surface area (Å²) in [5.74, 6) is 6.79. The second-order valence-electron chi connectivity index (χ2n) is 4.97. The Morgan fingerprint density at radius 1 is 1.39 bits per heavy atom. The predicted octanol–water partition coefficient (Wildman–Crippen LogP) is 1.29. The van der Waals surface area contributed by atoms with Gasteiger partial charge in [-0.25, -0.2) is 15.8 Å². The standard InChI is InChI=1S/C12H23N5O/c1-5-6-9-10(14-7-15-11(9)17-13)16-12(3,4)8(2)18/h7-8,18H,5-6,13H2,1-4H3,(H2,14,15,16,17). The van der Waals surface area contributed by atoms with E-state index in [0.717, 1.165) is 18.4 Å². The number of nitrogens with one attached hydrogen (secondary N) is 2. The smallest absolute Gasteiger partial charge is 0.148 e. The fraction of sp³-hybridized carbons (Fsp3) is 0.667. The summed E-state index contributed by atoms with van der Waals surface area (Å²) >= 11 is 0. The quantitative estimate of drug-likeness (QED) is 0.450. The number of nitrogens with two attached hydrogens (primary N) is 1. The first kappa shape index (κ1) is 14.7. The van der Waals surface area contributed by atoms with Gasteiger partial charge in [0.15, 0.2) is 0 Å². The summed E-state index contributed by atoms with van der Waals surface area (Å²) < 4.78 is 0. The van der Waals surface area contributed by atoms with Crippen LogP contribution in [-0.4, -0.2) is 26.7 Å². The molecule has 0 saturated heterocycles. The van der Waals surface area contributed by atoms with Crippen LogP contribution in [0.25, 0.3) is 0 Å². The molecule has 1 aromatic heterocycles. The second kappa shape index (κ2) is 5.97. The van der Waals surface area contributed by atoms with E-state index in [0.29, 0.717) is 11.6 Å². The molecule has 0 radical (unpaired) electrons. The monoisotopic (exact) mass is 253 g/mol. The molecule has 0 bridgehead atoms. The van der Waals surface area contributed by atoms with Gasteiger partial charge in [-0.1, -0.05) is 13.3 Å². The first-order chi connectivity index (χ1) is 8.42. The van der Waals surface area contributed by atoms with E-state index in [9.17, 15) is 5.11 Å². The van der Waals surface area contributed by atoms with Gasteiger partial charge < -0.3 is 15.8 Å². The van der Waals surface area contributed by atoms with Crippen molar-refractivity contribution < 1.29 is 5.11 Å². The molecular formula is C12H23N5O. The van der Waals surface area contributed by atoms with Crippen molar-refractivity contribution in [1.29, 1.82) is 0 Å². The number of aromatic nitrogens is 2. The molecule has 0 fully saturated rings. The first-order valence-corrected chi connectivity index (χ1v) is 6.19. The van der Waals surface area contributed by atoms with Crippen LogP contribution in [0.3, 0.4) is 0 Å². The zero-order chi connectivity index (χ0) is 13.8. The Morgan fingerprint density at radius 2 is 2.00 bits per heavy atom. The molecule has 0 aliphatic heterocycles. The van der Waals surface area contributed by atoms with E-state index in [1.807, 2.05) is 13.8 Å². The molecule has 1 aromatic rings. The average Bonchev–Trinajstić information content (AvgIpc) is 2.31. The zero-order valence-electron chi connectivity index (χ0n) is 11.5. The van der Waals surface area contributed by atoms with Crippen LogP contribution in [0.15, 0.2) is 6.33 Å². The van der Waals surface area contributed by atoms with Gasteiger partial charge in [0.05, 0.1) is 11.6 Å². The summed E-state index contributed by atoms with van der Waals surface area (Å²) in [5.41, 5.74) is 3.05. The molecule has 0 aliphatic rings. The van der Waals surface area contributed by atoms with Gasteiger partial charge in [-0.3, -0.25) is 0 Å². The van der Waals surface area contributed by atoms with Crippen LogP contribution in [-0.2, 0) is 6.42 Å². The van der Waals surface area contributed by atoms with Crippen LogP contribution in [0, 0.1) is 0 Å². The van der Waals surface area contributed by atoms with Crippen molar-refractivity contribution in [2.75, 3.05) is 10.7 Å². The molecule has 0 amide bonds. The van der Waals surface area contributed by atoms with Crippen molar-refractivity contribution in [3.05, 3.63) is 11.9 Å². The molecule has 1 atom stereocenters. The van der Waals surface area contributed by atoms with E-state index in [2.05, 4.69) is 27.6 Å². The van der Waals surface area contributed by atoms with Crippen LogP contribution in [0.1, 0.15) is 39.7 Å². The van der Waals surface area contributed by atoms with Crippen molar-refractivity contribution in [2.24, 2.45) is 5.84 Å². The van der Waals surface area contributed by atoms with Crippen LogP contribution in [0.2, 0.25) is 0 Å². The van der Waals surface area contributed by atoms with Gasteiger partial charge in [0.1, 0.15) is 18.0 Å². The van der Waals surface area contributed by atoms with Crippen LogP contribution >= 0.6 is 0 Å². The van der Waals surface area contributed by atoms with Crippen LogP contribution in [0.4, 0.5) is 11.6 Å². The summed E-state index contributed by atoms with van der Waals surface area (Å²) in [6.07, 6.45) is 2.73. The number of aliphatic hydroxyl groups excluding tert-OH is 1. The van der Waals surface area contributed by atoms with Crippen LogP contribution < -0.4 is 16.6 Å². The molecule has 1 heterocycles. The van der Waals surface area contributed by atoms with Gasteiger partial charge in [0.2, 0.25) is 0 Å². The highest BCUT2D eigenvalue weighted by molar-refractivity contribution is 5.57. The zero-order valence-corrected chi connectivity index (χ0v) is 11.5. The number of rotatable bonds is 6. The minimum Gasteiger partial charge on any atom is -0.391 e. The third-order valence-electron chi connectivity index (χ3n) is 3.07. The van der Waals surface area contributed by atoms with Crippen molar-refractivity contribution >= 4 is 11.6 Å². The number of nitrogens with zero attached hydrogens (tertiary/aromatic N) is 2. The summed E-state index contributed by atoms with van der Waals surface area (Å²) in [7, 11) is 0. The molecule has 0 spiro atoms. The van der Waals surface area contributed by atoms with Gasteiger partial charge >= 0.3 is 0 Å². The van der Waals surface area contributed by atoms with E-state index in [1.165, 1.54) is 6.33 Å². The van der Waals surface area contributed by atoms with E-state index >= 15 is 0 Å². The topological polar surface area (TPSA) is 96.1 Å². The van der Waals surface area contributed by atoms with Crippen molar-refractivity contribution in [2.45, 2.75) is 52.2 Å². The van der Waals surface area contributed by atoms with E-state index in [1.54, 1.807) is 6.92 Å². The largest absolute Gasteiger partial charge is 0.391 e. The van der Waals surface area contributed by atoms with Gasteiger partial charge in [0, 0.05) is 5.56 Å². The number of hydrogen-bond donors (Lipinski definition) is 4. The maximum absolute atomic E-state index is 9.74. The van der Waals surface area contributed by atoms with Gasteiger partial charge in [-0.05, 0) is 27.2 Å². The molecule has 0 saturated carbocycles. The van der Waals surface area contributed by atoms with E-state index in [4.69, 9.17) is 5.84 Å². The molecule has 6 nitrogen and oxygen atoms in total. The Bertz CT molecular complexity index is 392. The maximum atomic E-state index is 9.74. The number of hydrogen-bond acceptors (Lipinski definition) is 6. The minimum atomic E-state index is -0.503. The van der Waals surface area contributed by atoms with E-state index in [-0.39, 0.29) is 0 Å². The van der Waals surface area contributed by atoms with Gasteiger partial charge in [-0.15, -0.1) is 0 Å². The lowest BCUT2D eigenvalue weighted by atomic mass is 9.98. The SMILES string of the molecule is CCCc1c(NN)ncnc1NC(C)(C)C(C)O. The molecular weight excluding hydrogens is 230 g/mol. The van der Waals surface area contributed by atoms with E-state index < -0.39 is 11.6 Å². The lowest BCUT2D eigenvalue weighted by Crippen LogP contribution is -2.42. The van der Waals surface area contributed by atoms with Crippen molar-refractivity contribution in [1.82, 2.24) is 9.97 Å². The fourth-order valence-electron chi connectivity index (χ4n) is 1.54. The third-order valence-corrected chi connectivity index (χ3v) is 3.07. The highest BCUT2D eigenvalue weighted by atomic mass is 16.3. The van der Waals surface area contributed by atoms with Gasteiger partial charge in [0.25, 0.3) is 0 Å². The lowest BCUT2D eigenvalue weighted by molar-refractivity contribution is 0.133. The highest BCUT2D eigenvalue weighted by Gasteiger charge is 2.25. The molecule has 18 heavy (non-hydrogen) atoms. The fourth-order valence-corrected chi connectivity index (χ4v) is 1.54.